The van der Waals surface area contributed by atoms with Crippen LogP contribution in [0.15, 0.2) is 12.1 Å². The maximum absolute atomic E-state index is 12.2. The van der Waals surface area contributed by atoms with Gasteiger partial charge in [0.25, 0.3) is 5.78 Å². The number of carbonyl (C=O) groups excluding carboxylic acids is 1. The number of aryl methyl sites for hydroxylation is 1. The third-order valence-corrected chi connectivity index (χ3v) is 2.22. The van der Waals surface area contributed by atoms with E-state index in [4.69, 9.17) is 9.47 Å². The van der Waals surface area contributed by atoms with Gasteiger partial charge in [0, 0.05) is 5.56 Å². The van der Waals surface area contributed by atoms with E-state index in [2.05, 4.69) is 0 Å². The van der Waals surface area contributed by atoms with Gasteiger partial charge in [-0.15, -0.1) is 0 Å². The van der Waals surface area contributed by atoms with Crippen molar-refractivity contribution >= 4 is 5.78 Å². The topological polar surface area (TPSA) is 35.5 Å². The van der Waals surface area contributed by atoms with Gasteiger partial charge in [0.2, 0.25) is 6.79 Å². The van der Waals surface area contributed by atoms with Gasteiger partial charge in [-0.25, -0.2) is 0 Å². The minimum absolute atomic E-state index is 0.0432. The number of benzene rings is 1. The van der Waals surface area contributed by atoms with Crippen molar-refractivity contribution in [2.24, 2.45) is 0 Å². The summed E-state index contributed by atoms with van der Waals surface area (Å²) in [6.07, 6.45) is -4.88. The summed E-state index contributed by atoms with van der Waals surface area (Å²) >= 11 is 0. The second-order valence-electron chi connectivity index (χ2n) is 3.35. The third-order valence-electron chi connectivity index (χ3n) is 2.22. The van der Waals surface area contributed by atoms with Gasteiger partial charge in [-0.2, -0.15) is 13.2 Å². The number of ether oxygens (including phenoxy) is 2. The number of rotatable bonds is 1. The highest BCUT2D eigenvalue weighted by atomic mass is 19.4. The number of ketones is 1. The molecule has 0 aliphatic carbocycles. The summed E-state index contributed by atoms with van der Waals surface area (Å²) in [7, 11) is 0. The van der Waals surface area contributed by atoms with Gasteiger partial charge in [0.05, 0.1) is 0 Å². The molecule has 0 aromatic heterocycles. The minimum atomic E-state index is -4.88. The molecule has 16 heavy (non-hydrogen) atoms. The molecule has 1 aliphatic rings. The Kier molecular flexibility index (Phi) is 2.29. The first kappa shape index (κ1) is 10.8. The molecule has 1 aromatic rings. The molecule has 0 spiro atoms. The molecule has 0 fully saturated rings. The molecule has 3 nitrogen and oxygen atoms in total. The Morgan fingerprint density at radius 1 is 1.25 bits per heavy atom. The molecule has 0 unspecified atom stereocenters. The summed E-state index contributed by atoms with van der Waals surface area (Å²) < 4.78 is 46.6. The van der Waals surface area contributed by atoms with Crippen LogP contribution in [0.2, 0.25) is 0 Å². The molecule has 2 rings (SSSR count). The molecule has 0 saturated carbocycles. The summed E-state index contributed by atoms with van der Waals surface area (Å²) in [4.78, 5) is 11.1. The summed E-state index contributed by atoms with van der Waals surface area (Å²) in [6.45, 7) is 1.37. The molecule has 0 saturated heterocycles. The van der Waals surface area contributed by atoms with Crippen LogP contribution in [0, 0.1) is 6.92 Å². The lowest BCUT2D eigenvalue weighted by atomic mass is 10.0. The monoisotopic (exact) mass is 232 g/mol. The van der Waals surface area contributed by atoms with E-state index in [0.717, 1.165) is 6.07 Å². The second kappa shape index (κ2) is 3.40. The van der Waals surface area contributed by atoms with E-state index in [9.17, 15) is 18.0 Å². The minimum Gasteiger partial charge on any atom is -0.454 e. The van der Waals surface area contributed by atoms with Crippen LogP contribution in [-0.4, -0.2) is 18.8 Å². The predicted molar refractivity (Wildman–Crippen MR) is 47.7 cm³/mol. The Morgan fingerprint density at radius 3 is 2.38 bits per heavy atom. The summed E-state index contributed by atoms with van der Waals surface area (Å²) in [6, 6.07) is 2.43. The van der Waals surface area contributed by atoms with Crippen molar-refractivity contribution in [1.29, 1.82) is 0 Å². The fourth-order valence-corrected chi connectivity index (χ4v) is 1.44. The Bertz CT molecular complexity index is 451. The van der Waals surface area contributed by atoms with E-state index >= 15 is 0 Å². The largest absolute Gasteiger partial charge is 0.454 e. The lowest BCUT2D eigenvalue weighted by Crippen LogP contribution is -2.23. The van der Waals surface area contributed by atoms with Crippen LogP contribution in [0.1, 0.15) is 15.9 Å². The van der Waals surface area contributed by atoms with Gasteiger partial charge >= 0.3 is 6.18 Å². The lowest BCUT2D eigenvalue weighted by molar-refractivity contribution is -0.0885. The smallest absolute Gasteiger partial charge is 0.454 e. The van der Waals surface area contributed by atoms with E-state index < -0.39 is 17.5 Å². The number of fused-ring (bicyclic) bond motifs is 1. The van der Waals surface area contributed by atoms with Crippen LogP contribution in [0.5, 0.6) is 11.5 Å². The molecule has 0 amide bonds. The average molecular weight is 232 g/mol. The first-order valence-electron chi connectivity index (χ1n) is 4.41. The molecular formula is C10H7F3O3. The van der Waals surface area contributed by atoms with E-state index in [1.165, 1.54) is 13.0 Å². The summed E-state index contributed by atoms with van der Waals surface area (Å²) in [5.41, 5.74) is -0.191. The van der Waals surface area contributed by atoms with Crippen molar-refractivity contribution in [2.75, 3.05) is 6.79 Å². The maximum atomic E-state index is 12.2. The Hall–Kier alpha value is -1.72. The third kappa shape index (κ3) is 1.70. The van der Waals surface area contributed by atoms with Crippen LogP contribution < -0.4 is 9.47 Å². The highest BCUT2D eigenvalue weighted by molar-refractivity contribution is 6.02. The zero-order chi connectivity index (χ0) is 11.9. The van der Waals surface area contributed by atoms with Gasteiger partial charge in [-0.1, -0.05) is 0 Å². The molecule has 0 bridgehead atoms. The lowest BCUT2D eigenvalue weighted by Gasteiger charge is -2.08. The van der Waals surface area contributed by atoms with E-state index in [0.29, 0.717) is 5.75 Å². The van der Waals surface area contributed by atoms with Gasteiger partial charge in [0.1, 0.15) is 0 Å². The average Bonchev–Trinajstić information content (AvgIpc) is 2.60. The van der Waals surface area contributed by atoms with Crippen molar-refractivity contribution in [2.45, 2.75) is 13.1 Å². The van der Waals surface area contributed by atoms with Crippen molar-refractivity contribution < 1.29 is 27.4 Å². The predicted octanol–water partition coefficient (Wildman–Crippen LogP) is 2.47. The van der Waals surface area contributed by atoms with Crippen molar-refractivity contribution in [3.63, 3.8) is 0 Å². The number of carbonyl (C=O) groups is 1. The molecule has 0 radical (unpaired) electrons. The van der Waals surface area contributed by atoms with Crippen LogP contribution in [-0.2, 0) is 0 Å². The van der Waals surface area contributed by atoms with Gasteiger partial charge < -0.3 is 9.47 Å². The summed E-state index contributed by atoms with van der Waals surface area (Å²) in [5, 5.41) is 0. The number of Topliss-reactive ketones (excluding diaryl/α,β-unsaturated/α-hetero) is 1. The number of halogens is 3. The normalized spacial score (nSPS) is 14.0. The fraction of sp³-hybridized carbons (Fsp3) is 0.300. The fourth-order valence-electron chi connectivity index (χ4n) is 1.44. The second-order valence-corrected chi connectivity index (χ2v) is 3.35. The van der Waals surface area contributed by atoms with Crippen molar-refractivity contribution in [3.05, 3.63) is 23.3 Å². The van der Waals surface area contributed by atoms with Crippen molar-refractivity contribution in [1.82, 2.24) is 0 Å². The van der Waals surface area contributed by atoms with Gasteiger partial charge in [-0.3, -0.25) is 4.79 Å². The molecule has 6 heteroatoms. The maximum Gasteiger partial charge on any atom is 0.454 e. The molecule has 0 N–H and O–H groups in total. The van der Waals surface area contributed by atoms with Crippen LogP contribution in [0.3, 0.4) is 0 Å². The Labute approximate surface area is 88.8 Å². The number of alkyl halides is 3. The zero-order valence-corrected chi connectivity index (χ0v) is 8.22. The van der Waals surface area contributed by atoms with Crippen LogP contribution in [0.4, 0.5) is 13.2 Å². The zero-order valence-electron chi connectivity index (χ0n) is 8.22. The molecular weight excluding hydrogens is 225 g/mol. The highest BCUT2D eigenvalue weighted by Gasteiger charge is 2.40. The standard InChI is InChI=1S/C10H7F3O3/c1-5-2-7-8(16-4-15-7)3-6(5)9(14)10(11,12)13/h2-3H,4H2,1H3. The van der Waals surface area contributed by atoms with Crippen LogP contribution >= 0.6 is 0 Å². The van der Waals surface area contributed by atoms with Crippen molar-refractivity contribution in [3.8, 4) is 11.5 Å². The molecule has 1 aliphatic heterocycles. The number of hydrogen-bond donors (Lipinski definition) is 0. The SMILES string of the molecule is Cc1cc2c(cc1C(=O)C(F)(F)F)OCO2. The van der Waals surface area contributed by atoms with Gasteiger partial charge in [0.15, 0.2) is 11.5 Å². The van der Waals surface area contributed by atoms with Gasteiger partial charge in [-0.05, 0) is 24.6 Å². The Morgan fingerprint density at radius 2 is 1.81 bits per heavy atom. The Balaban J connectivity index is 2.47. The van der Waals surface area contributed by atoms with Crippen LogP contribution in [0.25, 0.3) is 0 Å². The molecule has 1 heterocycles. The van der Waals surface area contributed by atoms with E-state index in [1.54, 1.807) is 0 Å². The molecule has 0 atom stereocenters. The summed E-state index contributed by atoms with van der Waals surface area (Å²) in [5.74, 6) is -1.35. The highest BCUT2D eigenvalue weighted by Crippen LogP contribution is 2.36. The first-order chi connectivity index (χ1) is 7.39. The van der Waals surface area contributed by atoms with E-state index in [-0.39, 0.29) is 18.1 Å². The van der Waals surface area contributed by atoms with E-state index in [1.807, 2.05) is 0 Å². The number of hydrogen-bond acceptors (Lipinski definition) is 3. The molecule has 1 aromatic carbocycles. The first-order valence-corrected chi connectivity index (χ1v) is 4.41. The quantitative estimate of drug-likeness (QED) is 0.698. The molecule has 86 valence electrons.